The molecule has 0 heterocycles. The third kappa shape index (κ3) is 1.60. The summed E-state index contributed by atoms with van der Waals surface area (Å²) >= 11 is 0. The van der Waals surface area contributed by atoms with Crippen LogP contribution in [-0.2, 0) is 0 Å². The fourth-order valence-corrected chi connectivity index (χ4v) is 0.950. The fraction of sp³-hybridized carbons (Fsp3) is 0.500. The van der Waals surface area contributed by atoms with E-state index in [1.165, 1.54) is 24.1 Å². The molecule has 52 valence electrons. The molecule has 0 aromatic rings. The Hall–Kier alpha value is -0.720. The first kappa shape index (κ1) is 6.40. The van der Waals surface area contributed by atoms with E-state index in [9.17, 15) is 0 Å². The summed E-state index contributed by atoms with van der Waals surface area (Å²) in [4.78, 5) is 0. The zero-order valence-corrected chi connectivity index (χ0v) is 6.07. The average molecular weight is 125 g/mol. The van der Waals surface area contributed by atoms with E-state index in [-0.39, 0.29) is 1.43 Å². The lowest BCUT2D eigenvalue weighted by Crippen LogP contribution is -2.07. The average Bonchev–Trinajstić information content (AvgIpc) is 1.90. The minimum atomic E-state index is 0. The molecule has 1 rings (SSSR count). The molecule has 0 saturated carbocycles. The van der Waals surface area contributed by atoms with Gasteiger partial charge in [-0.05, 0) is 25.8 Å². The Labute approximate surface area is 57.9 Å². The SMILES string of the molecule is CNC1=CC=C(C)CC1.[HH]. The van der Waals surface area contributed by atoms with Crippen LogP contribution in [0.3, 0.4) is 0 Å². The van der Waals surface area contributed by atoms with Crippen molar-refractivity contribution >= 4 is 0 Å². The number of rotatable bonds is 1. The van der Waals surface area contributed by atoms with Crippen molar-refractivity contribution in [3.8, 4) is 0 Å². The smallest absolute Gasteiger partial charge is 0.0107 e. The van der Waals surface area contributed by atoms with Gasteiger partial charge in [0.15, 0.2) is 0 Å². The predicted molar refractivity (Wildman–Crippen MR) is 42.2 cm³/mol. The Balaban J connectivity index is 0.000000810. The first-order valence-electron chi connectivity index (χ1n) is 3.37. The Morgan fingerprint density at radius 3 is 2.67 bits per heavy atom. The lowest BCUT2D eigenvalue weighted by molar-refractivity contribution is 0.814. The highest BCUT2D eigenvalue weighted by atomic mass is 14.8. The van der Waals surface area contributed by atoms with Gasteiger partial charge in [0.1, 0.15) is 0 Å². The second kappa shape index (κ2) is 2.72. The summed E-state index contributed by atoms with van der Waals surface area (Å²) in [6, 6.07) is 0. The van der Waals surface area contributed by atoms with Gasteiger partial charge in [-0.3, -0.25) is 0 Å². The molecule has 9 heavy (non-hydrogen) atoms. The van der Waals surface area contributed by atoms with Gasteiger partial charge in [-0.1, -0.05) is 11.6 Å². The van der Waals surface area contributed by atoms with Crippen molar-refractivity contribution in [2.24, 2.45) is 0 Å². The number of hydrogen-bond acceptors (Lipinski definition) is 1. The number of nitrogens with one attached hydrogen (secondary N) is 1. The maximum Gasteiger partial charge on any atom is 0.0107 e. The molecular formula is C8H15N. The topological polar surface area (TPSA) is 12.0 Å². The van der Waals surface area contributed by atoms with E-state index >= 15 is 0 Å². The van der Waals surface area contributed by atoms with E-state index in [2.05, 4.69) is 24.4 Å². The molecule has 1 aliphatic carbocycles. The Kier molecular flexibility index (Phi) is 1.93. The van der Waals surface area contributed by atoms with Crippen LogP contribution in [0.2, 0.25) is 0 Å². The Bertz CT molecular complexity index is 159. The summed E-state index contributed by atoms with van der Waals surface area (Å²) in [6.07, 6.45) is 6.72. The van der Waals surface area contributed by atoms with Gasteiger partial charge < -0.3 is 5.32 Å². The quantitative estimate of drug-likeness (QED) is 0.565. The molecule has 0 aromatic carbocycles. The first-order chi connectivity index (χ1) is 4.33. The van der Waals surface area contributed by atoms with Crippen LogP contribution >= 0.6 is 0 Å². The van der Waals surface area contributed by atoms with Crippen LogP contribution in [0.4, 0.5) is 0 Å². The van der Waals surface area contributed by atoms with Crippen molar-refractivity contribution in [2.45, 2.75) is 19.8 Å². The van der Waals surface area contributed by atoms with Crippen LogP contribution in [-0.4, -0.2) is 7.05 Å². The van der Waals surface area contributed by atoms with Gasteiger partial charge in [-0.25, -0.2) is 0 Å². The molecule has 1 N–H and O–H groups in total. The van der Waals surface area contributed by atoms with E-state index in [1.54, 1.807) is 0 Å². The molecule has 0 saturated heterocycles. The van der Waals surface area contributed by atoms with Gasteiger partial charge >= 0.3 is 0 Å². The van der Waals surface area contributed by atoms with Gasteiger partial charge in [-0.15, -0.1) is 0 Å². The van der Waals surface area contributed by atoms with E-state index in [0.29, 0.717) is 0 Å². The molecule has 0 atom stereocenters. The maximum absolute atomic E-state index is 3.14. The molecule has 0 aromatic heterocycles. The second-order valence-electron chi connectivity index (χ2n) is 2.45. The van der Waals surface area contributed by atoms with Crippen LogP contribution in [0.25, 0.3) is 0 Å². The van der Waals surface area contributed by atoms with Crippen molar-refractivity contribution in [1.82, 2.24) is 5.32 Å². The zero-order valence-electron chi connectivity index (χ0n) is 6.07. The zero-order chi connectivity index (χ0) is 6.69. The summed E-state index contributed by atoms with van der Waals surface area (Å²) in [7, 11) is 1.97. The van der Waals surface area contributed by atoms with E-state index in [1.807, 2.05) is 7.05 Å². The fourth-order valence-electron chi connectivity index (χ4n) is 0.950. The van der Waals surface area contributed by atoms with Crippen LogP contribution < -0.4 is 5.32 Å². The van der Waals surface area contributed by atoms with Crippen molar-refractivity contribution in [1.29, 1.82) is 0 Å². The molecule has 0 fully saturated rings. The third-order valence-corrected chi connectivity index (χ3v) is 1.68. The second-order valence-corrected chi connectivity index (χ2v) is 2.45. The molecule has 0 spiro atoms. The van der Waals surface area contributed by atoms with E-state index < -0.39 is 0 Å². The van der Waals surface area contributed by atoms with E-state index in [4.69, 9.17) is 0 Å². The van der Waals surface area contributed by atoms with Gasteiger partial charge in [0, 0.05) is 14.2 Å². The number of allylic oxidation sites excluding steroid dienone is 4. The minimum absolute atomic E-state index is 0. The molecule has 0 amide bonds. The summed E-state index contributed by atoms with van der Waals surface area (Å²) in [5, 5.41) is 3.14. The summed E-state index contributed by atoms with van der Waals surface area (Å²) in [5.74, 6) is 0. The van der Waals surface area contributed by atoms with Crippen molar-refractivity contribution < 1.29 is 1.43 Å². The first-order valence-corrected chi connectivity index (χ1v) is 3.37. The molecular weight excluding hydrogens is 110 g/mol. The summed E-state index contributed by atoms with van der Waals surface area (Å²) < 4.78 is 0. The molecule has 0 unspecified atom stereocenters. The summed E-state index contributed by atoms with van der Waals surface area (Å²) in [6.45, 7) is 2.17. The Morgan fingerprint density at radius 2 is 2.22 bits per heavy atom. The van der Waals surface area contributed by atoms with Gasteiger partial charge in [-0.2, -0.15) is 0 Å². The van der Waals surface area contributed by atoms with Crippen molar-refractivity contribution in [2.75, 3.05) is 7.05 Å². The molecule has 1 nitrogen and oxygen atoms in total. The highest BCUT2D eigenvalue weighted by Crippen LogP contribution is 2.14. The molecule has 0 bridgehead atoms. The molecule has 0 aliphatic heterocycles. The highest BCUT2D eigenvalue weighted by Gasteiger charge is 1.98. The molecule has 1 aliphatic rings. The monoisotopic (exact) mass is 125 g/mol. The third-order valence-electron chi connectivity index (χ3n) is 1.68. The van der Waals surface area contributed by atoms with Gasteiger partial charge in [0.05, 0.1) is 0 Å². The van der Waals surface area contributed by atoms with Crippen molar-refractivity contribution in [3.05, 3.63) is 23.4 Å². The molecule has 0 radical (unpaired) electrons. The van der Waals surface area contributed by atoms with Crippen LogP contribution in [0.5, 0.6) is 0 Å². The van der Waals surface area contributed by atoms with Crippen LogP contribution in [0.1, 0.15) is 21.2 Å². The standard InChI is InChI=1S/C8H13N.H2/c1-7-3-5-8(9-2)6-4-7;/h3,5,9H,4,6H2,1-2H3;1H. The lowest BCUT2D eigenvalue weighted by atomic mass is 10.0. The number of hydrogen-bond donors (Lipinski definition) is 1. The van der Waals surface area contributed by atoms with E-state index in [0.717, 1.165) is 0 Å². The summed E-state index contributed by atoms with van der Waals surface area (Å²) in [5.41, 5.74) is 2.83. The van der Waals surface area contributed by atoms with Crippen molar-refractivity contribution in [3.63, 3.8) is 0 Å². The lowest BCUT2D eigenvalue weighted by Gasteiger charge is -2.10. The largest absolute Gasteiger partial charge is 0.391 e. The van der Waals surface area contributed by atoms with Gasteiger partial charge in [0.2, 0.25) is 0 Å². The normalized spacial score (nSPS) is 18.4. The van der Waals surface area contributed by atoms with Crippen LogP contribution in [0.15, 0.2) is 23.4 Å². The maximum atomic E-state index is 3.14. The van der Waals surface area contributed by atoms with Crippen LogP contribution in [0, 0.1) is 0 Å². The van der Waals surface area contributed by atoms with Gasteiger partial charge in [0.25, 0.3) is 0 Å². The minimum Gasteiger partial charge on any atom is -0.391 e. The highest BCUT2D eigenvalue weighted by molar-refractivity contribution is 5.21. The predicted octanol–water partition coefficient (Wildman–Crippen LogP) is 2.08. The molecule has 1 heteroatoms. The Morgan fingerprint density at radius 1 is 1.44 bits per heavy atom.